The van der Waals surface area contributed by atoms with Crippen LogP contribution in [0.15, 0.2) is 24.3 Å². The summed E-state index contributed by atoms with van der Waals surface area (Å²) in [6, 6.07) is 1.40. The molecule has 2 atom stereocenters. The molecule has 0 aliphatic carbocycles. The number of hydrogen-bond donors (Lipinski definition) is 1. The molecule has 0 spiro atoms. The number of thiophene rings is 1. The number of hydrogen-bond acceptors (Lipinski definition) is 8. The predicted molar refractivity (Wildman–Crippen MR) is 175 cm³/mol. The van der Waals surface area contributed by atoms with E-state index < -0.39 is 30.5 Å². The minimum atomic E-state index is -2.65. The van der Waals surface area contributed by atoms with Gasteiger partial charge in [0.15, 0.2) is 11.6 Å². The van der Waals surface area contributed by atoms with Crippen LogP contribution in [0.5, 0.6) is 11.8 Å². The highest BCUT2D eigenvalue weighted by molar-refractivity contribution is 7.23. The van der Waals surface area contributed by atoms with Crippen LogP contribution in [0, 0.1) is 30.6 Å². The summed E-state index contributed by atoms with van der Waals surface area (Å²) in [5, 5.41) is -0.0244. The molecule has 2 aromatic carbocycles. The molecule has 5 heterocycles. The second-order valence-corrected chi connectivity index (χ2v) is 13.4. The molecule has 3 aliphatic heterocycles. The predicted octanol–water partition coefficient (Wildman–Crippen LogP) is 7.61. The van der Waals surface area contributed by atoms with Gasteiger partial charge in [0.05, 0.1) is 32.2 Å². The quantitative estimate of drug-likeness (QED) is 0.0931. The third kappa shape index (κ3) is 5.00. The lowest BCUT2D eigenvalue weighted by atomic mass is 9.94. The van der Waals surface area contributed by atoms with Gasteiger partial charge in [-0.15, -0.1) is 17.8 Å². The van der Waals surface area contributed by atoms with E-state index in [-0.39, 0.29) is 90.7 Å². The van der Waals surface area contributed by atoms with Gasteiger partial charge in [-0.3, -0.25) is 4.90 Å². The first-order valence-electron chi connectivity index (χ1n) is 14.9. The molecule has 1 unspecified atom stereocenters. The van der Waals surface area contributed by atoms with Crippen molar-refractivity contribution in [2.45, 2.75) is 43.7 Å². The van der Waals surface area contributed by atoms with Crippen molar-refractivity contribution in [1.29, 1.82) is 0 Å². The van der Waals surface area contributed by atoms with E-state index in [4.69, 9.17) is 39.8 Å². The normalized spacial score (nSPS) is 20.8. The van der Waals surface area contributed by atoms with Gasteiger partial charge >= 0.3 is 6.01 Å². The molecule has 7 rings (SSSR count). The minimum Gasteiger partial charge on any atom is -0.488 e. The molecule has 2 N–H and O–H groups in total. The Morgan fingerprint density at radius 2 is 2.13 bits per heavy atom. The summed E-state index contributed by atoms with van der Waals surface area (Å²) >= 11 is 7.79. The fourth-order valence-electron chi connectivity index (χ4n) is 7.05. The summed E-state index contributed by atoms with van der Waals surface area (Å²) in [5.74, 6) is 1.01. The number of rotatable bonds is 7. The Balaban J connectivity index is 1.47. The Morgan fingerprint density at radius 1 is 1.32 bits per heavy atom. The summed E-state index contributed by atoms with van der Waals surface area (Å²) in [6.45, 7) is 13.3. The topological polar surface area (TPSA) is 81.1 Å². The van der Waals surface area contributed by atoms with E-state index in [2.05, 4.69) is 32.2 Å². The van der Waals surface area contributed by atoms with Crippen LogP contribution in [-0.2, 0) is 0 Å². The van der Waals surface area contributed by atoms with Crippen molar-refractivity contribution in [3.05, 3.63) is 52.4 Å². The van der Waals surface area contributed by atoms with E-state index in [1.165, 1.54) is 11.0 Å². The molecule has 3 aliphatic rings. The first-order chi connectivity index (χ1) is 22.6. The standard InChI is InChI=1S/C33H27ClF4N6O2S/c1-4-17-14-45-28-23-26(25(38)21(24(28)34)18-6-7-19(35)29-22(18)27(40-3)30(39)47-29)41-32(42-31(23)44(17)11-8-20(36)37)46-15-33-9-5-10-43(33)13-16(2)12-33/h1,6-7,17,20H,2,5,8-15,39H2/t17?,33-/m0/s1. The first-order valence-corrected chi connectivity index (χ1v) is 16.1. The highest BCUT2D eigenvalue weighted by atomic mass is 35.5. The van der Waals surface area contributed by atoms with Gasteiger partial charge in [-0.1, -0.05) is 35.7 Å². The molecule has 2 saturated heterocycles. The van der Waals surface area contributed by atoms with Gasteiger partial charge in [0.1, 0.15) is 36.4 Å². The van der Waals surface area contributed by atoms with Crippen molar-refractivity contribution in [2.24, 2.45) is 0 Å². The van der Waals surface area contributed by atoms with Crippen molar-refractivity contribution in [3.8, 4) is 35.2 Å². The maximum atomic E-state index is 17.1. The van der Waals surface area contributed by atoms with Gasteiger partial charge < -0.3 is 20.1 Å². The summed E-state index contributed by atoms with van der Waals surface area (Å²) in [4.78, 5) is 16.4. The molecule has 0 amide bonds. The lowest BCUT2D eigenvalue weighted by molar-refractivity contribution is 0.108. The number of nitrogens with two attached hydrogens (primary N) is 1. The Labute approximate surface area is 276 Å². The van der Waals surface area contributed by atoms with Crippen LogP contribution in [-0.4, -0.2) is 65.7 Å². The van der Waals surface area contributed by atoms with Gasteiger partial charge in [0, 0.05) is 30.5 Å². The zero-order valence-electron chi connectivity index (χ0n) is 24.9. The number of halogens is 5. The number of aromatic nitrogens is 2. The smallest absolute Gasteiger partial charge is 0.319 e. The van der Waals surface area contributed by atoms with Crippen molar-refractivity contribution in [1.82, 2.24) is 14.9 Å². The minimum absolute atomic E-state index is 0.0270. The van der Waals surface area contributed by atoms with Crippen LogP contribution in [0.1, 0.15) is 25.7 Å². The Morgan fingerprint density at radius 3 is 2.87 bits per heavy atom. The third-order valence-corrected chi connectivity index (χ3v) is 10.5. The van der Waals surface area contributed by atoms with Crippen molar-refractivity contribution >= 4 is 60.4 Å². The lowest BCUT2D eigenvalue weighted by Crippen LogP contribution is -2.43. The number of nitrogen functional groups attached to an aromatic ring is 1. The summed E-state index contributed by atoms with van der Waals surface area (Å²) in [7, 11) is 0. The second kappa shape index (κ2) is 11.7. The fraction of sp³-hybridized carbons (Fsp3) is 0.364. The maximum absolute atomic E-state index is 17.1. The summed E-state index contributed by atoms with van der Waals surface area (Å²) < 4.78 is 71.4. The highest BCUT2D eigenvalue weighted by Crippen LogP contribution is 2.53. The Hall–Kier alpha value is -4.30. The first kappa shape index (κ1) is 31.3. The van der Waals surface area contributed by atoms with Crippen molar-refractivity contribution in [3.63, 3.8) is 0 Å². The number of benzene rings is 2. The molecule has 47 heavy (non-hydrogen) atoms. The zero-order chi connectivity index (χ0) is 33.2. The number of nitrogens with zero attached hydrogens (tertiary/aromatic N) is 5. The number of alkyl halides is 2. The number of ether oxygens (including phenoxy) is 2. The van der Waals surface area contributed by atoms with Gasteiger partial charge in [-0.05, 0) is 37.4 Å². The van der Waals surface area contributed by atoms with Crippen molar-refractivity contribution in [2.75, 3.05) is 43.5 Å². The van der Waals surface area contributed by atoms with Crippen LogP contribution in [0.25, 0.3) is 37.0 Å². The van der Waals surface area contributed by atoms with Gasteiger partial charge in [0.2, 0.25) is 12.1 Å². The Kier molecular flexibility index (Phi) is 7.82. The van der Waals surface area contributed by atoms with Crippen LogP contribution in [0.4, 0.5) is 34.1 Å². The van der Waals surface area contributed by atoms with Crippen LogP contribution < -0.4 is 20.1 Å². The lowest BCUT2D eigenvalue weighted by Gasteiger charge is -2.31. The van der Waals surface area contributed by atoms with Crippen molar-refractivity contribution < 1.29 is 27.0 Å². The van der Waals surface area contributed by atoms with Crippen LogP contribution in [0.2, 0.25) is 5.02 Å². The molecule has 2 fully saturated rings. The Bertz CT molecular complexity index is 2060. The molecule has 14 heteroatoms. The average molecular weight is 683 g/mol. The van der Waals surface area contributed by atoms with E-state index in [1.54, 1.807) is 0 Å². The van der Waals surface area contributed by atoms with Gasteiger partial charge in [0.25, 0.3) is 0 Å². The molecule has 2 aromatic heterocycles. The second-order valence-electron chi connectivity index (χ2n) is 11.9. The molecular weight excluding hydrogens is 656 g/mol. The highest BCUT2D eigenvalue weighted by Gasteiger charge is 2.46. The largest absolute Gasteiger partial charge is 0.488 e. The number of terminal acetylenes is 1. The van der Waals surface area contributed by atoms with E-state index in [1.807, 2.05) is 0 Å². The monoisotopic (exact) mass is 682 g/mol. The zero-order valence-corrected chi connectivity index (χ0v) is 26.5. The summed E-state index contributed by atoms with van der Waals surface area (Å²) in [6.07, 6.45) is 5.24. The van der Waals surface area contributed by atoms with Crippen LogP contribution in [0.3, 0.4) is 0 Å². The molecule has 0 bridgehead atoms. The average Bonchev–Trinajstić information content (AvgIpc) is 3.65. The molecule has 242 valence electrons. The van der Waals surface area contributed by atoms with E-state index in [0.717, 1.165) is 55.3 Å². The van der Waals surface area contributed by atoms with E-state index in [9.17, 15) is 13.2 Å². The molecular formula is C33H27ClF4N6O2S. The fourth-order valence-corrected chi connectivity index (χ4v) is 8.33. The third-order valence-electron chi connectivity index (χ3n) is 9.13. The van der Waals surface area contributed by atoms with Gasteiger partial charge in [-0.25, -0.2) is 22.4 Å². The molecule has 0 radical (unpaired) electrons. The molecule has 8 nitrogen and oxygen atoms in total. The molecule has 4 aromatic rings. The number of anilines is 2. The van der Waals surface area contributed by atoms with Crippen LogP contribution >= 0.6 is 22.9 Å². The van der Waals surface area contributed by atoms with Gasteiger partial charge in [-0.2, -0.15) is 9.97 Å². The van der Waals surface area contributed by atoms with E-state index >= 15 is 4.39 Å². The number of fused-ring (bicyclic) bond motifs is 2. The molecule has 0 saturated carbocycles. The van der Waals surface area contributed by atoms with E-state index in [0.29, 0.717) is 0 Å². The SMILES string of the molecule is [C-]#[N+]c1c(N)sc2c(F)ccc(-c3c(Cl)c4c5c(nc(OC[C@@]67CCCN6CC(=C)C7)nc5c3F)N(CCC(F)F)C(C#C)CO4)c12. The summed E-state index contributed by atoms with van der Waals surface area (Å²) in [5.41, 5.74) is 6.42. The maximum Gasteiger partial charge on any atom is 0.319 e.